The van der Waals surface area contributed by atoms with E-state index >= 15 is 0 Å². The van der Waals surface area contributed by atoms with Gasteiger partial charge in [-0.1, -0.05) is 27.2 Å². The molecule has 0 aromatic heterocycles. The van der Waals surface area contributed by atoms with Crippen LogP contribution in [-0.4, -0.2) is 102 Å². The molecule has 0 aromatic rings. The van der Waals surface area contributed by atoms with Gasteiger partial charge in [0, 0.05) is 30.1 Å². The molecule has 3 aliphatic carbocycles. The summed E-state index contributed by atoms with van der Waals surface area (Å²) in [4.78, 5) is 30.8. The molecule has 9 heteroatoms. The van der Waals surface area contributed by atoms with E-state index in [0.717, 1.165) is 49.9 Å². The average Bonchev–Trinajstić information content (AvgIpc) is 3.88. The maximum atomic E-state index is 13.9. The van der Waals surface area contributed by atoms with Crippen LogP contribution in [0.25, 0.3) is 0 Å². The Balaban J connectivity index is 1.01. The molecule has 1 amide bonds. The molecule has 0 radical (unpaired) electrons. The van der Waals surface area contributed by atoms with Gasteiger partial charge in [-0.3, -0.25) is 0 Å². The molecule has 0 N–H and O–H groups in total. The number of amides is 1. The fourth-order valence-corrected chi connectivity index (χ4v) is 10.7. The third-order valence-corrected chi connectivity index (χ3v) is 12.9. The van der Waals surface area contributed by atoms with E-state index in [1.165, 1.54) is 32.4 Å². The molecule has 218 valence electrons. The quantitative estimate of drug-likeness (QED) is 0.388. The molecular weight excluding hydrogens is 512 g/mol. The molecular formula is C31H42N2O7. The number of hydrogen-bond acceptors (Lipinski definition) is 8. The van der Waals surface area contributed by atoms with Gasteiger partial charge in [-0.2, -0.15) is 0 Å². The largest absolute Gasteiger partial charge is 0.458 e. The molecule has 5 saturated heterocycles. The van der Waals surface area contributed by atoms with Crippen LogP contribution in [0, 0.1) is 17.3 Å². The lowest BCUT2D eigenvalue weighted by atomic mass is 9.46. The SMILES string of the molecule is CC(C)[C@]12O[C@H]1[C@@H]1O[C@]13[C@]1(O[C@H]1C[C@H]1C4=C(CC[C@@]13C)C(=O)OC4)[C@@H]2OC(=O)N1CCC(N2CCCCC2)CC1. The number of hydrogen-bond donors (Lipinski definition) is 0. The number of fused-ring (bicyclic) bond motifs is 4. The van der Waals surface area contributed by atoms with E-state index in [4.69, 9.17) is 23.7 Å². The van der Waals surface area contributed by atoms with E-state index in [2.05, 4.69) is 25.7 Å². The third-order valence-electron chi connectivity index (χ3n) is 12.9. The molecule has 6 aliphatic heterocycles. The first kappa shape index (κ1) is 24.9. The lowest BCUT2D eigenvalue weighted by molar-refractivity contribution is -0.136. The summed E-state index contributed by atoms with van der Waals surface area (Å²) >= 11 is 0. The number of rotatable bonds is 3. The smallest absolute Gasteiger partial charge is 0.410 e. The van der Waals surface area contributed by atoms with E-state index in [1.807, 2.05) is 4.90 Å². The monoisotopic (exact) mass is 554 g/mol. The maximum Gasteiger partial charge on any atom is 0.410 e. The summed E-state index contributed by atoms with van der Waals surface area (Å²) in [5.74, 6) is 0.178. The minimum Gasteiger partial charge on any atom is -0.458 e. The van der Waals surface area contributed by atoms with Crippen LogP contribution in [0.1, 0.15) is 72.1 Å². The van der Waals surface area contributed by atoms with Crippen molar-refractivity contribution < 1.29 is 33.3 Å². The van der Waals surface area contributed by atoms with Crippen molar-refractivity contribution in [2.75, 3.05) is 32.8 Å². The Hall–Kier alpha value is -1.68. The third kappa shape index (κ3) is 2.75. The molecule has 6 heterocycles. The number of epoxide rings is 3. The normalized spacial score (nSPS) is 50.6. The molecule has 9 aliphatic rings. The molecule has 9 rings (SSSR count). The highest BCUT2D eigenvalue weighted by Gasteiger charge is 3.01. The summed E-state index contributed by atoms with van der Waals surface area (Å²) in [6, 6.07) is 0.572. The van der Waals surface area contributed by atoms with Crippen LogP contribution in [0.15, 0.2) is 11.1 Å². The molecule has 9 nitrogen and oxygen atoms in total. The first-order chi connectivity index (χ1) is 19.3. The van der Waals surface area contributed by atoms with Gasteiger partial charge in [-0.25, -0.2) is 9.59 Å². The molecule has 0 bridgehead atoms. The van der Waals surface area contributed by atoms with Crippen molar-refractivity contribution in [3.8, 4) is 0 Å². The summed E-state index contributed by atoms with van der Waals surface area (Å²) in [5.41, 5.74) is -0.0448. The molecule has 2 saturated carbocycles. The van der Waals surface area contributed by atoms with Crippen LogP contribution < -0.4 is 0 Å². The number of cyclic esters (lactones) is 1. The Labute approximate surface area is 235 Å². The van der Waals surface area contributed by atoms with Crippen LogP contribution in [-0.2, 0) is 28.5 Å². The summed E-state index contributed by atoms with van der Waals surface area (Å²) < 4.78 is 32.3. The van der Waals surface area contributed by atoms with Crippen LogP contribution in [0.3, 0.4) is 0 Å². The highest BCUT2D eigenvalue weighted by atomic mass is 16.8. The summed E-state index contributed by atoms with van der Waals surface area (Å²) in [7, 11) is 0. The number of esters is 1. The fourth-order valence-electron chi connectivity index (χ4n) is 10.7. The molecule has 2 spiro atoms. The van der Waals surface area contributed by atoms with Gasteiger partial charge >= 0.3 is 12.1 Å². The van der Waals surface area contributed by atoms with Gasteiger partial charge in [0.05, 0.1) is 6.10 Å². The van der Waals surface area contributed by atoms with Crippen LogP contribution in [0.5, 0.6) is 0 Å². The second-order valence-electron chi connectivity index (χ2n) is 14.6. The second-order valence-corrected chi connectivity index (χ2v) is 14.6. The van der Waals surface area contributed by atoms with Crippen molar-refractivity contribution in [2.45, 2.75) is 119 Å². The average molecular weight is 555 g/mol. The van der Waals surface area contributed by atoms with Crippen LogP contribution >= 0.6 is 0 Å². The van der Waals surface area contributed by atoms with Crippen molar-refractivity contribution in [3.05, 3.63) is 11.1 Å². The Morgan fingerprint density at radius 3 is 2.55 bits per heavy atom. The molecule has 7 fully saturated rings. The molecule has 9 atom stereocenters. The molecule has 0 aromatic carbocycles. The van der Waals surface area contributed by atoms with Gasteiger partial charge in [0.2, 0.25) is 0 Å². The van der Waals surface area contributed by atoms with Crippen LogP contribution in [0.2, 0.25) is 0 Å². The Bertz CT molecular complexity index is 1210. The fraction of sp³-hybridized carbons (Fsp3) is 0.871. The number of carbonyl (C=O) groups is 2. The minimum absolute atomic E-state index is 0.0666. The molecule has 0 unspecified atom stereocenters. The van der Waals surface area contributed by atoms with E-state index in [-0.39, 0.29) is 47.6 Å². The van der Waals surface area contributed by atoms with Crippen molar-refractivity contribution in [1.29, 1.82) is 0 Å². The highest BCUT2D eigenvalue weighted by Crippen LogP contribution is 2.83. The highest BCUT2D eigenvalue weighted by molar-refractivity contribution is 5.92. The number of likely N-dealkylation sites (tertiary alicyclic amines) is 2. The van der Waals surface area contributed by atoms with E-state index in [9.17, 15) is 9.59 Å². The zero-order chi connectivity index (χ0) is 27.2. The predicted octanol–water partition coefficient (Wildman–Crippen LogP) is 3.20. The van der Waals surface area contributed by atoms with Crippen molar-refractivity contribution in [2.24, 2.45) is 17.3 Å². The number of nitrogens with zero attached hydrogens (tertiary/aromatic N) is 2. The van der Waals surface area contributed by atoms with Gasteiger partial charge in [-0.15, -0.1) is 0 Å². The number of carbonyl (C=O) groups excluding carboxylic acids is 2. The maximum absolute atomic E-state index is 13.9. The zero-order valence-electron chi connectivity index (χ0n) is 24.0. The lowest BCUT2D eigenvalue weighted by Crippen LogP contribution is -2.70. The number of piperidine rings is 2. The van der Waals surface area contributed by atoms with Gasteiger partial charge in [0.15, 0.2) is 11.7 Å². The first-order valence-corrected chi connectivity index (χ1v) is 15.9. The van der Waals surface area contributed by atoms with Crippen molar-refractivity contribution in [1.82, 2.24) is 9.80 Å². The zero-order valence-corrected chi connectivity index (χ0v) is 24.0. The summed E-state index contributed by atoms with van der Waals surface area (Å²) in [5, 5.41) is 0. The second kappa shape index (κ2) is 7.82. The Morgan fingerprint density at radius 1 is 1.02 bits per heavy atom. The van der Waals surface area contributed by atoms with E-state index in [1.54, 1.807) is 0 Å². The summed E-state index contributed by atoms with van der Waals surface area (Å²) in [6.45, 7) is 10.9. The Kier molecular flexibility index (Phi) is 4.87. The molecule has 40 heavy (non-hydrogen) atoms. The van der Waals surface area contributed by atoms with Gasteiger partial charge in [0.25, 0.3) is 0 Å². The first-order valence-electron chi connectivity index (χ1n) is 15.9. The van der Waals surface area contributed by atoms with Crippen molar-refractivity contribution in [3.63, 3.8) is 0 Å². The Morgan fingerprint density at radius 2 is 1.80 bits per heavy atom. The standard InChI is InChI=1S/C31H42N2O7/c1-17(2)29-23(39-29)24-31(40-24)28(3)10-7-19-20(16-36-25(19)34)21(28)15-22-30(31,38-22)26(29)37-27(35)33-13-8-18(9-14-33)32-11-5-4-6-12-32/h17-18,21-24,26H,4-16H2,1-3H3/t21-,22-,23-,24-,26+,28-,29-,30+,31+/m0/s1. The van der Waals surface area contributed by atoms with Crippen LogP contribution in [0.4, 0.5) is 4.79 Å². The minimum atomic E-state index is -0.691. The van der Waals surface area contributed by atoms with Gasteiger partial charge in [-0.05, 0) is 75.4 Å². The van der Waals surface area contributed by atoms with E-state index in [0.29, 0.717) is 19.1 Å². The van der Waals surface area contributed by atoms with Gasteiger partial charge < -0.3 is 33.5 Å². The summed E-state index contributed by atoms with van der Waals surface area (Å²) in [6.07, 6.45) is 7.29. The number of ether oxygens (including phenoxy) is 5. The van der Waals surface area contributed by atoms with Crippen molar-refractivity contribution >= 4 is 12.1 Å². The predicted molar refractivity (Wildman–Crippen MR) is 141 cm³/mol. The van der Waals surface area contributed by atoms with Gasteiger partial charge in [0.1, 0.15) is 30.0 Å². The van der Waals surface area contributed by atoms with E-state index < -0.39 is 22.9 Å². The lowest BCUT2D eigenvalue weighted by Gasteiger charge is -2.53. The topological polar surface area (TPSA) is 96.7 Å².